The Kier molecular flexibility index (Phi) is 12.1. The van der Waals surface area contributed by atoms with Gasteiger partial charge in [0.05, 0.1) is 25.8 Å². The molecular formula is C25H33N9O9. The lowest BCUT2D eigenvalue weighted by Gasteiger charge is -2.25. The number of rotatable bonds is 17. The van der Waals surface area contributed by atoms with E-state index in [1.54, 1.807) is 30.5 Å². The number of benzene rings is 1. The number of primary amides is 3. The van der Waals surface area contributed by atoms with Crippen molar-refractivity contribution in [1.82, 2.24) is 26.3 Å². The van der Waals surface area contributed by atoms with Crippen LogP contribution in [0.5, 0.6) is 0 Å². The molecule has 0 aliphatic carbocycles. The lowest BCUT2D eigenvalue weighted by atomic mass is 10.0. The molecule has 43 heavy (non-hydrogen) atoms. The normalized spacial score (nSPS) is 13.5. The first-order valence-corrected chi connectivity index (χ1v) is 12.7. The van der Waals surface area contributed by atoms with Crippen molar-refractivity contribution in [2.75, 3.05) is 6.54 Å². The Bertz CT molecular complexity index is 1410. The van der Waals surface area contributed by atoms with Crippen molar-refractivity contribution < 1.29 is 43.5 Å². The van der Waals surface area contributed by atoms with Crippen LogP contribution in [0.3, 0.4) is 0 Å². The number of para-hydroxylation sites is 1. The van der Waals surface area contributed by atoms with Gasteiger partial charge in [-0.1, -0.05) is 18.2 Å². The first kappa shape index (κ1) is 33.7. The first-order valence-electron chi connectivity index (χ1n) is 12.7. The molecule has 18 heteroatoms. The number of carboxylic acid groups (broad SMARTS) is 1. The Morgan fingerprint density at radius 3 is 1.70 bits per heavy atom. The molecule has 2 aromatic rings. The molecule has 0 saturated heterocycles. The van der Waals surface area contributed by atoms with Gasteiger partial charge in [0.15, 0.2) is 0 Å². The molecule has 0 fully saturated rings. The van der Waals surface area contributed by atoms with Crippen molar-refractivity contribution >= 4 is 58.2 Å². The molecule has 7 amide bonds. The largest absolute Gasteiger partial charge is 0.480 e. The molecule has 0 unspecified atom stereocenters. The molecule has 1 heterocycles. The Morgan fingerprint density at radius 1 is 0.698 bits per heavy atom. The fourth-order valence-electron chi connectivity index (χ4n) is 4.02. The van der Waals surface area contributed by atoms with Gasteiger partial charge in [-0.15, -0.1) is 0 Å². The van der Waals surface area contributed by atoms with E-state index in [0.29, 0.717) is 16.5 Å². The summed E-state index contributed by atoms with van der Waals surface area (Å²) in [6.45, 7) is -0.515. The van der Waals surface area contributed by atoms with Gasteiger partial charge in [0.1, 0.15) is 24.2 Å². The number of carboxylic acids is 1. The molecule has 1 aromatic carbocycles. The Hall–Kier alpha value is -5.52. The van der Waals surface area contributed by atoms with Gasteiger partial charge in [-0.25, -0.2) is 4.79 Å². The fraction of sp³-hybridized carbons (Fsp3) is 0.360. The highest BCUT2D eigenvalue weighted by molar-refractivity contribution is 5.98. The number of amides is 7. The van der Waals surface area contributed by atoms with Crippen molar-refractivity contribution in [2.24, 2.45) is 22.9 Å². The van der Waals surface area contributed by atoms with Gasteiger partial charge < -0.3 is 54.3 Å². The number of carbonyl (C=O) groups excluding carboxylic acids is 7. The second-order valence-corrected chi connectivity index (χ2v) is 9.42. The maximum absolute atomic E-state index is 13.5. The minimum atomic E-state index is -1.78. The van der Waals surface area contributed by atoms with E-state index >= 15 is 0 Å². The summed E-state index contributed by atoms with van der Waals surface area (Å²) in [5.41, 5.74) is 22.0. The standard InChI is InChI=1S/C25H33N9O9/c26-9-21(38)31-15(6-18(27)35)23(40)32-14(5-11-10-30-13-4-2-1-3-12(11)13)22(39)33-16(7-19(28)36)24(41)34-17(25(42)43)8-20(29)37/h1-4,10,14-17,30H,5-9,26H2,(H2,27,35)(H2,28,36)(H2,29,37)(H,31,38)(H,32,40)(H,33,39)(H,34,41)(H,42,43)/t14-,15-,16-,17-/m0/s1. The highest BCUT2D eigenvalue weighted by Crippen LogP contribution is 2.19. The van der Waals surface area contributed by atoms with Gasteiger partial charge >= 0.3 is 5.97 Å². The quantitative estimate of drug-likeness (QED) is 0.0823. The van der Waals surface area contributed by atoms with Gasteiger partial charge in [0.25, 0.3) is 0 Å². The summed E-state index contributed by atoms with van der Waals surface area (Å²) in [6, 6.07) is 0.484. The van der Waals surface area contributed by atoms with Crippen LogP contribution in [0.1, 0.15) is 24.8 Å². The topological polar surface area (TPSA) is 325 Å². The summed E-state index contributed by atoms with van der Waals surface area (Å²) < 4.78 is 0. The molecule has 1 aromatic heterocycles. The zero-order valence-electron chi connectivity index (χ0n) is 22.8. The Balaban J connectivity index is 2.40. The molecule has 14 N–H and O–H groups in total. The summed E-state index contributed by atoms with van der Waals surface area (Å²) in [4.78, 5) is 100. The number of H-pyrrole nitrogens is 1. The van der Waals surface area contributed by atoms with Crippen LogP contribution in [-0.4, -0.2) is 88.1 Å². The molecular weight excluding hydrogens is 570 g/mol. The van der Waals surface area contributed by atoms with Gasteiger partial charge in [0.2, 0.25) is 41.4 Å². The van der Waals surface area contributed by atoms with Crippen molar-refractivity contribution in [3.63, 3.8) is 0 Å². The van der Waals surface area contributed by atoms with E-state index in [2.05, 4.69) is 20.9 Å². The fourth-order valence-corrected chi connectivity index (χ4v) is 4.02. The number of nitrogens with one attached hydrogen (secondary N) is 5. The van der Waals surface area contributed by atoms with E-state index < -0.39 is 97.3 Å². The second-order valence-electron chi connectivity index (χ2n) is 9.42. The van der Waals surface area contributed by atoms with E-state index in [1.807, 2.05) is 5.32 Å². The summed E-state index contributed by atoms with van der Waals surface area (Å²) >= 11 is 0. The van der Waals surface area contributed by atoms with Gasteiger partial charge in [-0.2, -0.15) is 0 Å². The van der Waals surface area contributed by atoms with E-state index in [9.17, 15) is 43.5 Å². The number of hydrogen-bond acceptors (Lipinski definition) is 9. The SMILES string of the molecule is NCC(=O)N[C@@H](CC(N)=O)C(=O)N[C@@H](Cc1c[nH]c2ccccc12)C(=O)N[C@@H](CC(N)=O)C(=O)N[C@@H](CC(N)=O)C(=O)O. The maximum atomic E-state index is 13.5. The second kappa shape index (κ2) is 15.5. The smallest absolute Gasteiger partial charge is 0.326 e. The predicted octanol–water partition coefficient (Wildman–Crippen LogP) is -4.68. The Labute approximate surface area is 243 Å². The van der Waals surface area contributed by atoms with Crippen LogP contribution < -0.4 is 44.2 Å². The minimum Gasteiger partial charge on any atom is -0.480 e. The van der Waals surface area contributed by atoms with E-state index in [0.717, 1.165) is 0 Å². The molecule has 4 atom stereocenters. The predicted molar refractivity (Wildman–Crippen MR) is 148 cm³/mol. The third-order valence-electron chi connectivity index (χ3n) is 6.03. The van der Waals surface area contributed by atoms with E-state index in [4.69, 9.17) is 22.9 Å². The Morgan fingerprint density at radius 2 is 1.16 bits per heavy atom. The average Bonchev–Trinajstić information content (AvgIpc) is 3.33. The van der Waals surface area contributed by atoms with Gasteiger partial charge in [-0.3, -0.25) is 33.6 Å². The highest BCUT2D eigenvalue weighted by atomic mass is 16.4. The average molecular weight is 604 g/mol. The van der Waals surface area contributed by atoms with Crippen molar-refractivity contribution in [3.05, 3.63) is 36.0 Å². The van der Waals surface area contributed by atoms with Crippen LogP contribution in [0.25, 0.3) is 10.9 Å². The summed E-state index contributed by atoms with van der Waals surface area (Å²) in [7, 11) is 0. The zero-order chi connectivity index (χ0) is 32.3. The summed E-state index contributed by atoms with van der Waals surface area (Å²) in [5, 5.41) is 18.9. The number of nitrogens with two attached hydrogens (primary N) is 4. The number of aliphatic carboxylic acids is 1. The van der Waals surface area contributed by atoms with Gasteiger partial charge in [-0.05, 0) is 11.6 Å². The molecule has 0 spiro atoms. The molecule has 0 radical (unpaired) electrons. The molecule has 0 aliphatic rings. The van der Waals surface area contributed by atoms with E-state index in [-0.39, 0.29) is 6.42 Å². The molecule has 0 bridgehead atoms. The highest BCUT2D eigenvalue weighted by Gasteiger charge is 2.33. The van der Waals surface area contributed by atoms with Crippen LogP contribution in [-0.2, 0) is 44.8 Å². The summed E-state index contributed by atoms with van der Waals surface area (Å²) in [5.74, 6) is -8.64. The number of fused-ring (bicyclic) bond motifs is 1. The van der Waals surface area contributed by atoms with E-state index in [1.165, 1.54) is 0 Å². The molecule has 232 valence electrons. The van der Waals surface area contributed by atoms with Crippen LogP contribution in [0.15, 0.2) is 30.5 Å². The number of carbonyl (C=O) groups is 8. The van der Waals surface area contributed by atoms with Crippen LogP contribution >= 0.6 is 0 Å². The molecule has 18 nitrogen and oxygen atoms in total. The van der Waals surface area contributed by atoms with Crippen LogP contribution in [0.4, 0.5) is 0 Å². The monoisotopic (exact) mass is 603 g/mol. The van der Waals surface area contributed by atoms with Crippen molar-refractivity contribution in [2.45, 2.75) is 49.9 Å². The number of aromatic amines is 1. The lowest BCUT2D eigenvalue weighted by molar-refractivity contribution is -0.144. The molecule has 0 aliphatic heterocycles. The van der Waals surface area contributed by atoms with Crippen molar-refractivity contribution in [3.8, 4) is 0 Å². The summed E-state index contributed by atoms with van der Waals surface area (Å²) in [6.07, 6.45) is -0.830. The maximum Gasteiger partial charge on any atom is 0.326 e. The van der Waals surface area contributed by atoms with Crippen molar-refractivity contribution in [1.29, 1.82) is 0 Å². The molecule has 2 rings (SSSR count). The zero-order valence-corrected chi connectivity index (χ0v) is 22.8. The van der Waals surface area contributed by atoms with Gasteiger partial charge in [0, 0.05) is 23.5 Å². The molecule has 0 saturated carbocycles. The third-order valence-corrected chi connectivity index (χ3v) is 6.03. The van der Waals surface area contributed by atoms with Crippen LogP contribution in [0, 0.1) is 0 Å². The third kappa shape index (κ3) is 10.4. The lowest BCUT2D eigenvalue weighted by Crippen LogP contribution is -2.59. The number of hydrogen-bond donors (Lipinski definition) is 10. The number of aromatic nitrogens is 1. The van der Waals surface area contributed by atoms with Crippen LogP contribution in [0.2, 0.25) is 0 Å². The minimum absolute atomic E-state index is 0.194. The first-order chi connectivity index (χ1) is 20.2.